The molecule has 3 rings (SSSR count). The molecule has 5 nitrogen and oxygen atoms in total. The summed E-state index contributed by atoms with van der Waals surface area (Å²) >= 11 is 0. The molecule has 1 atom stereocenters. The molecular weight excluding hydrogens is 297 g/mol. The van der Waals surface area contributed by atoms with E-state index in [1.807, 2.05) is 13.1 Å². The average molecular weight is 319 g/mol. The number of hydrogen-bond acceptors (Lipinski definition) is 4. The Morgan fingerprint density at radius 3 is 3.09 bits per heavy atom. The van der Waals surface area contributed by atoms with Crippen LogP contribution in [0.4, 0.5) is 4.39 Å². The molecular formula is C17H22FN3O2. The largest absolute Gasteiger partial charge is 0.490 e. The molecule has 1 aliphatic rings. The van der Waals surface area contributed by atoms with Crippen LogP contribution in [0, 0.1) is 12.7 Å². The summed E-state index contributed by atoms with van der Waals surface area (Å²) in [6, 6.07) is 6.50. The number of benzene rings is 1. The van der Waals surface area contributed by atoms with E-state index < -0.39 is 0 Å². The maximum absolute atomic E-state index is 13.5. The van der Waals surface area contributed by atoms with E-state index >= 15 is 0 Å². The van der Waals surface area contributed by atoms with Crippen molar-refractivity contribution in [3.63, 3.8) is 0 Å². The minimum Gasteiger partial charge on any atom is -0.490 e. The molecule has 1 unspecified atom stereocenters. The summed E-state index contributed by atoms with van der Waals surface area (Å²) in [5, 5.41) is 0. The summed E-state index contributed by atoms with van der Waals surface area (Å²) in [4.78, 5) is 9.91. The van der Waals surface area contributed by atoms with Crippen LogP contribution in [0.5, 0.6) is 5.75 Å². The van der Waals surface area contributed by atoms with Crippen LogP contribution in [-0.2, 0) is 4.74 Å². The van der Waals surface area contributed by atoms with Crippen LogP contribution >= 0.6 is 0 Å². The Morgan fingerprint density at radius 1 is 1.43 bits per heavy atom. The normalized spacial score (nSPS) is 19.0. The van der Waals surface area contributed by atoms with Gasteiger partial charge in [-0.25, -0.2) is 9.37 Å². The Balaban J connectivity index is 1.42. The highest BCUT2D eigenvalue weighted by Crippen LogP contribution is 2.20. The van der Waals surface area contributed by atoms with Crippen LogP contribution in [-0.4, -0.2) is 47.7 Å². The number of morpholine rings is 1. The lowest BCUT2D eigenvalue weighted by molar-refractivity contribution is -0.0349. The number of hydrogen-bond donors (Lipinski definition) is 1. The van der Waals surface area contributed by atoms with Gasteiger partial charge in [0.2, 0.25) is 0 Å². The number of ether oxygens (including phenoxy) is 2. The molecule has 0 saturated carbocycles. The van der Waals surface area contributed by atoms with Gasteiger partial charge in [0.05, 0.1) is 13.2 Å². The first-order valence-corrected chi connectivity index (χ1v) is 7.95. The topological polar surface area (TPSA) is 50.4 Å². The summed E-state index contributed by atoms with van der Waals surface area (Å²) in [7, 11) is 0. The number of aryl methyl sites for hydroxylation is 1. The van der Waals surface area contributed by atoms with E-state index in [0.717, 1.165) is 37.6 Å². The van der Waals surface area contributed by atoms with Gasteiger partial charge in [-0.2, -0.15) is 0 Å². The quantitative estimate of drug-likeness (QED) is 0.832. The fourth-order valence-corrected chi connectivity index (χ4v) is 2.70. The SMILES string of the molecule is Cc1cnc(C2CN(CCCOc3ccccc3F)CCO2)[nH]1. The molecule has 2 heterocycles. The van der Waals surface area contributed by atoms with Crippen molar-refractivity contribution in [2.24, 2.45) is 0 Å². The predicted molar refractivity (Wildman–Crippen MR) is 85.0 cm³/mol. The van der Waals surface area contributed by atoms with Crippen molar-refractivity contribution < 1.29 is 13.9 Å². The third-order valence-electron chi connectivity index (χ3n) is 3.89. The van der Waals surface area contributed by atoms with E-state index in [1.165, 1.54) is 6.07 Å². The van der Waals surface area contributed by atoms with E-state index in [2.05, 4.69) is 14.9 Å². The van der Waals surface area contributed by atoms with Crippen molar-refractivity contribution >= 4 is 0 Å². The molecule has 1 aromatic heterocycles. The summed E-state index contributed by atoms with van der Waals surface area (Å²) < 4.78 is 24.7. The minimum absolute atomic E-state index is 0.00932. The summed E-state index contributed by atoms with van der Waals surface area (Å²) in [6.45, 7) is 5.79. The number of nitrogens with zero attached hydrogens (tertiary/aromatic N) is 2. The van der Waals surface area contributed by atoms with Crippen LogP contribution in [0.1, 0.15) is 24.0 Å². The van der Waals surface area contributed by atoms with E-state index in [4.69, 9.17) is 9.47 Å². The van der Waals surface area contributed by atoms with E-state index in [9.17, 15) is 4.39 Å². The Bertz CT molecular complexity index is 632. The van der Waals surface area contributed by atoms with Gasteiger partial charge in [0, 0.05) is 31.5 Å². The lowest BCUT2D eigenvalue weighted by Crippen LogP contribution is -2.39. The first-order valence-electron chi connectivity index (χ1n) is 7.95. The first kappa shape index (κ1) is 16.0. The number of imidazole rings is 1. The lowest BCUT2D eigenvalue weighted by Gasteiger charge is -2.31. The molecule has 6 heteroatoms. The molecule has 0 amide bonds. The van der Waals surface area contributed by atoms with Crippen LogP contribution in [0.15, 0.2) is 30.5 Å². The first-order chi connectivity index (χ1) is 11.2. The molecule has 0 aliphatic carbocycles. The Kier molecular flexibility index (Phi) is 5.25. The summed E-state index contributed by atoms with van der Waals surface area (Å²) in [5.41, 5.74) is 1.04. The summed E-state index contributed by atoms with van der Waals surface area (Å²) in [5.74, 6) is 0.889. The fraction of sp³-hybridized carbons (Fsp3) is 0.471. The van der Waals surface area contributed by atoms with E-state index in [-0.39, 0.29) is 11.9 Å². The summed E-state index contributed by atoms with van der Waals surface area (Å²) in [6.07, 6.45) is 2.66. The van der Waals surface area contributed by atoms with Crippen molar-refractivity contribution in [2.75, 3.05) is 32.8 Å². The number of rotatable bonds is 6. The number of aromatic amines is 1. The number of para-hydroxylation sites is 1. The molecule has 0 radical (unpaired) electrons. The van der Waals surface area contributed by atoms with Crippen molar-refractivity contribution in [1.29, 1.82) is 0 Å². The van der Waals surface area contributed by atoms with Gasteiger partial charge in [0.1, 0.15) is 11.9 Å². The van der Waals surface area contributed by atoms with Gasteiger partial charge >= 0.3 is 0 Å². The molecule has 124 valence electrons. The van der Waals surface area contributed by atoms with Gasteiger partial charge in [0.25, 0.3) is 0 Å². The molecule has 0 bridgehead atoms. The molecule has 23 heavy (non-hydrogen) atoms. The maximum atomic E-state index is 13.5. The van der Waals surface area contributed by atoms with Gasteiger partial charge in [-0.05, 0) is 25.5 Å². The zero-order valence-electron chi connectivity index (χ0n) is 13.3. The molecule has 1 saturated heterocycles. The number of nitrogens with one attached hydrogen (secondary N) is 1. The van der Waals surface area contributed by atoms with Crippen molar-refractivity contribution in [1.82, 2.24) is 14.9 Å². The van der Waals surface area contributed by atoms with Gasteiger partial charge in [0.15, 0.2) is 11.6 Å². The second-order valence-corrected chi connectivity index (χ2v) is 5.74. The van der Waals surface area contributed by atoms with Crippen molar-refractivity contribution in [3.8, 4) is 5.75 Å². The third kappa shape index (κ3) is 4.30. The molecule has 1 N–H and O–H groups in total. The van der Waals surface area contributed by atoms with Crippen molar-refractivity contribution in [3.05, 3.63) is 47.8 Å². The fourth-order valence-electron chi connectivity index (χ4n) is 2.70. The zero-order valence-corrected chi connectivity index (χ0v) is 13.3. The second kappa shape index (κ2) is 7.57. The molecule has 1 aromatic carbocycles. The van der Waals surface area contributed by atoms with E-state index in [1.54, 1.807) is 18.2 Å². The molecule has 1 fully saturated rings. The predicted octanol–water partition coefficient (Wildman–Crippen LogP) is 2.70. The Hall–Kier alpha value is -1.92. The number of halogens is 1. The van der Waals surface area contributed by atoms with Gasteiger partial charge < -0.3 is 14.5 Å². The number of H-pyrrole nitrogens is 1. The average Bonchev–Trinajstić information content (AvgIpc) is 3.00. The second-order valence-electron chi connectivity index (χ2n) is 5.74. The Labute approximate surface area is 135 Å². The monoisotopic (exact) mass is 319 g/mol. The highest BCUT2D eigenvalue weighted by molar-refractivity contribution is 5.23. The van der Waals surface area contributed by atoms with Crippen LogP contribution in [0.25, 0.3) is 0 Å². The molecule has 1 aliphatic heterocycles. The smallest absolute Gasteiger partial charge is 0.165 e. The number of aromatic nitrogens is 2. The lowest BCUT2D eigenvalue weighted by atomic mass is 10.2. The molecule has 2 aromatic rings. The van der Waals surface area contributed by atoms with Crippen LogP contribution in [0.3, 0.4) is 0 Å². The standard InChI is InChI=1S/C17H22FN3O2/c1-13-11-19-17(20-13)16-12-21(8-10-23-16)7-4-9-22-15-6-3-2-5-14(15)18/h2-3,5-6,11,16H,4,7-10,12H2,1H3,(H,19,20). The minimum atomic E-state index is -0.313. The van der Waals surface area contributed by atoms with Crippen LogP contribution in [0.2, 0.25) is 0 Å². The highest BCUT2D eigenvalue weighted by atomic mass is 19.1. The van der Waals surface area contributed by atoms with Gasteiger partial charge in [-0.15, -0.1) is 0 Å². The zero-order chi connectivity index (χ0) is 16.1. The third-order valence-corrected chi connectivity index (χ3v) is 3.89. The van der Waals surface area contributed by atoms with Crippen LogP contribution < -0.4 is 4.74 Å². The Morgan fingerprint density at radius 2 is 2.30 bits per heavy atom. The van der Waals surface area contributed by atoms with E-state index in [0.29, 0.717) is 19.0 Å². The molecule has 0 spiro atoms. The van der Waals surface area contributed by atoms with Crippen molar-refractivity contribution in [2.45, 2.75) is 19.4 Å². The maximum Gasteiger partial charge on any atom is 0.165 e. The van der Waals surface area contributed by atoms with Gasteiger partial charge in [-0.1, -0.05) is 12.1 Å². The highest BCUT2D eigenvalue weighted by Gasteiger charge is 2.23. The van der Waals surface area contributed by atoms with Gasteiger partial charge in [-0.3, -0.25) is 4.90 Å².